The molecule has 3 aliphatic carbocycles. The van der Waals surface area contributed by atoms with Gasteiger partial charge in [-0.25, -0.2) is 4.98 Å². The molecule has 0 radical (unpaired) electrons. The summed E-state index contributed by atoms with van der Waals surface area (Å²) in [6.07, 6.45) is 16.9. The molecule has 3 saturated carbocycles. The van der Waals surface area contributed by atoms with E-state index in [2.05, 4.69) is 36.1 Å². The van der Waals surface area contributed by atoms with Crippen molar-refractivity contribution in [1.82, 2.24) is 9.88 Å². The number of rotatable bonds is 7. The van der Waals surface area contributed by atoms with Crippen LogP contribution in [0.25, 0.3) is 0 Å². The molecule has 1 aliphatic heterocycles. The van der Waals surface area contributed by atoms with E-state index in [-0.39, 0.29) is 5.91 Å². The fourth-order valence-corrected chi connectivity index (χ4v) is 9.23. The van der Waals surface area contributed by atoms with Crippen LogP contribution in [0.3, 0.4) is 0 Å². The van der Waals surface area contributed by atoms with Crippen molar-refractivity contribution in [2.24, 2.45) is 34.5 Å². The molecule has 2 heterocycles. The Morgan fingerprint density at radius 2 is 1.86 bits per heavy atom. The molecule has 1 aromatic heterocycles. The number of anilines is 1. The smallest absolute Gasteiger partial charge is 0.225 e. The Morgan fingerprint density at radius 3 is 2.66 bits per heavy atom. The number of nitrogens with one attached hydrogen (secondary N) is 1. The third-order valence-electron chi connectivity index (χ3n) is 11.1. The first-order chi connectivity index (χ1) is 16.8. The summed E-state index contributed by atoms with van der Waals surface area (Å²) in [7, 11) is 2.06. The third-order valence-corrected chi connectivity index (χ3v) is 11.1. The summed E-state index contributed by atoms with van der Waals surface area (Å²) in [5.41, 5.74) is 0.817. The first-order valence-electron chi connectivity index (χ1n) is 14.3. The van der Waals surface area contributed by atoms with Gasteiger partial charge in [-0.05, 0) is 104 Å². The second-order valence-electron chi connectivity index (χ2n) is 12.7. The second-order valence-corrected chi connectivity index (χ2v) is 12.7. The third kappa shape index (κ3) is 4.53. The lowest BCUT2D eigenvalue weighted by Gasteiger charge is -2.62. The molecule has 1 N–H and O–H groups in total. The summed E-state index contributed by atoms with van der Waals surface area (Å²) in [5.74, 6) is 4.46. The molecule has 7 atom stereocenters. The van der Waals surface area contributed by atoms with E-state index in [0.717, 1.165) is 49.4 Å². The molecule has 4 aliphatic rings. The zero-order valence-corrected chi connectivity index (χ0v) is 22.1. The Hall–Kier alpha value is -1.91. The molecule has 35 heavy (non-hydrogen) atoms. The lowest BCUT2D eigenvalue weighted by atomic mass is 9.46. The van der Waals surface area contributed by atoms with Gasteiger partial charge in [-0.3, -0.25) is 9.59 Å². The van der Waals surface area contributed by atoms with E-state index in [4.69, 9.17) is 0 Å². The van der Waals surface area contributed by atoms with Gasteiger partial charge in [0.2, 0.25) is 11.8 Å². The predicted molar refractivity (Wildman–Crippen MR) is 140 cm³/mol. The maximum atomic E-state index is 12.4. The predicted octanol–water partition coefficient (Wildman–Crippen LogP) is 6.45. The van der Waals surface area contributed by atoms with Gasteiger partial charge in [0.05, 0.1) is 0 Å². The van der Waals surface area contributed by atoms with Crippen molar-refractivity contribution in [3.63, 3.8) is 0 Å². The van der Waals surface area contributed by atoms with E-state index in [9.17, 15) is 9.59 Å². The molecule has 2 amide bonds. The number of nitrogens with zero attached hydrogens (tertiary/aromatic N) is 2. The van der Waals surface area contributed by atoms with Crippen LogP contribution in [-0.4, -0.2) is 34.8 Å². The quantitative estimate of drug-likeness (QED) is 0.457. The molecule has 4 fully saturated rings. The van der Waals surface area contributed by atoms with Crippen LogP contribution in [0, 0.1) is 34.5 Å². The SMILES string of the molecule is CN1C(=O)CC[C@@]2(C)C1CC[C@@H]1[C@H]2CC[C@]2(C)C(CCCCCC(=O)Nc3ccccn3)CC[C@@H]12. The number of hydrogen-bond acceptors (Lipinski definition) is 3. The topological polar surface area (TPSA) is 62.3 Å². The van der Waals surface area contributed by atoms with Crippen molar-refractivity contribution >= 4 is 17.6 Å². The lowest BCUT2D eigenvalue weighted by Crippen LogP contribution is -2.61. The molecule has 2 unspecified atom stereocenters. The van der Waals surface area contributed by atoms with Gasteiger partial charge in [-0.1, -0.05) is 32.8 Å². The maximum Gasteiger partial charge on any atom is 0.225 e. The van der Waals surface area contributed by atoms with Gasteiger partial charge in [0.25, 0.3) is 0 Å². The summed E-state index contributed by atoms with van der Waals surface area (Å²) in [6.45, 7) is 5.15. The fraction of sp³-hybridized carbons (Fsp3) is 0.767. The van der Waals surface area contributed by atoms with Gasteiger partial charge >= 0.3 is 0 Å². The van der Waals surface area contributed by atoms with Crippen molar-refractivity contribution in [2.45, 2.75) is 103 Å². The lowest BCUT2D eigenvalue weighted by molar-refractivity contribution is -0.158. The summed E-state index contributed by atoms with van der Waals surface area (Å²) >= 11 is 0. The van der Waals surface area contributed by atoms with Crippen molar-refractivity contribution in [2.75, 3.05) is 12.4 Å². The van der Waals surface area contributed by atoms with Gasteiger partial charge in [-0.15, -0.1) is 0 Å². The van der Waals surface area contributed by atoms with E-state index in [1.807, 2.05) is 18.2 Å². The standard InChI is InChI=1S/C30H45N3O2/c1-29-18-16-24-22(13-15-25-30(24,2)19-17-28(35)33(25)3)23(29)14-12-21(29)9-5-4-6-11-27(34)32-26-10-7-8-20-31-26/h7-8,10,20-25H,4-6,9,11-19H2,1-3H3,(H,31,32,34)/t21?,22-,23-,24+,25?,29+,30+/m0/s1. The monoisotopic (exact) mass is 479 g/mol. The highest BCUT2D eigenvalue weighted by atomic mass is 16.2. The molecule has 192 valence electrons. The minimum Gasteiger partial charge on any atom is -0.342 e. The molecule has 0 spiro atoms. The molecule has 5 rings (SSSR count). The largest absolute Gasteiger partial charge is 0.342 e. The second kappa shape index (κ2) is 9.86. The summed E-state index contributed by atoms with van der Waals surface area (Å²) in [5, 5.41) is 2.90. The molecule has 1 saturated heterocycles. The Morgan fingerprint density at radius 1 is 1.03 bits per heavy atom. The van der Waals surface area contributed by atoms with Crippen LogP contribution in [-0.2, 0) is 9.59 Å². The number of likely N-dealkylation sites (tertiary alicyclic amines) is 1. The Kier molecular flexibility index (Phi) is 6.98. The summed E-state index contributed by atoms with van der Waals surface area (Å²) in [4.78, 5) is 30.9. The average Bonchev–Trinajstić information content (AvgIpc) is 3.18. The number of pyridine rings is 1. The number of aromatic nitrogens is 1. The Balaban J connectivity index is 1.12. The molecular formula is C30H45N3O2. The first kappa shape index (κ1) is 24.8. The molecule has 0 bridgehead atoms. The number of fused-ring (bicyclic) bond motifs is 5. The Labute approximate surface area is 211 Å². The van der Waals surface area contributed by atoms with E-state index in [1.54, 1.807) is 6.20 Å². The minimum absolute atomic E-state index is 0.0778. The number of amides is 2. The highest BCUT2D eigenvalue weighted by Gasteiger charge is 2.60. The van der Waals surface area contributed by atoms with Crippen LogP contribution in [0.15, 0.2) is 24.4 Å². The highest BCUT2D eigenvalue weighted by Crippen LogP contribution is 2.66. The zero-order chi connectivity index (χ0) is 24.6. The number of unbranched alkanes of at least 4 members (excludes halogenated alkanes) is 2. The number of piperidine rings is 1. The number of carbonyl (C=O) groups is 2. The van der Waals surface area contributed by atoms with Crippen molar-refractivity contribution < 1.29 is 9.59 Å². The molecule has 5 nitrogen and oxygen atoms in total. The van der Waals surface area contributed by atoms with Gasteiger partial charge < -0.3 is 10.2 Å². The van der Waals surface area contributed by atoms with Crippen LogP contribution in [0.4, 0.5) is 5.82 Å². The highest BCUT2D eigenvalue weighted by molar-refractivity contribution is 5.89. The van der Waals surface area contributed by atoms with Crippen LogP contribution >= 0.6 is 0 Å². The van der Waals surface area contributed by atoms with Crippen LogP contribution in [0.2, 0.25) is 0 Å². The molecule has 1 aromatic rings. The molecule has 5 heteroatoms. The first-order valence-corrected chi connectivity index (χ1v) is 14.3. The van der Waals surface area contributed by atoms with Crippen molar-refractivity contribution in [3.05, 3.63) is 24.4 Å². The Bertz CT molecular complexity index is 919. The minimum atomic E-state index is 0.0778. The van der Waals surface area contributed by atoms with Gasteiger partial charge in [0, 0.05) is 32.1 Å². The van der Waals surface area contributed by atoms with E-state index < -0.39 is 0 Å². The average molecular weight is 480 g/mol. The van der Waals surface area contributed by atoms with Crippen molar-refractivity contribution in [3.8, 4) is 0 Å². The van der Waals surface area contributed by atoms with Gasteiger partial charge in [0.1, 0.15) is 5.82 Å². The maximum absolute atomic E-state index is 12.4. The van der Waals surface area contributed by atoms with Gasteiger partial charge in [0.15, 0.2) is 0 Å². The normalized spacial score (nSPS) is 38.4. The fourth-order valence-electron chi connectivity index (χ4n) is 9.23. The summed E-state index contributed by atoms with van der Waals surface area (Å²) < 4.78 is 0. The van der Waals surface area contributed by atoms with E-state index in [0.29, 0.717) is 35.0 Å². The summed E-state index contributed by atoms with van der Waals surface area (Å²) in [6, 6.07) is 6.05. The van der Waals surface area contributed by atoms with E-state index in [1.165, 1.54) is 51.4 Å². The van der Waals surface area contributed by atoms with Crippen LogP contribution in [0.5, 0.6) is 0 Å². The molecular weight excluding hydrogens is 434 g/mol. The van der Waals surface area contributed by atoms with E-state index >= 15 is 0 Å². The number of hydrogen-bond donors (Lipinski definition) is 1. The molecule has 0 aromatic carbocycles. The van der Waals surface area contributed by atoms with Crippen LogP contribution in [0.1, 0.15) is 97.3 Å². The van der Waals surface area contributed by atoms with Crippen molar-refractivity contribution in [1.29, 1.82) is 0 Å². The number of carbonyl (C=O) groups excluding carboxylic acids is 2. The zero-order valence-electron chi connectivity index (χ0n) is 22.1. The van der Waals surface area contributed by atoms with Gasteiger partial charge in [-0.2, -0.15) is 0 Å². The van der Waals surface area contributed by atoms with Crippen LogP contribution < -0.4 is 5.32 Å².